The fourth-order valence-corrected chi connectivity index (χ4v) is 2.51. The third-order valence-corrected chi connectivity index (χ3v) is 3.49. The zero-order valence-corrected chi connectivity index (χ0v) is 11.9. The number of rotatable bonds is 4. The van der Waals surface area contributed by atoms with Crippen LogP contribution in [-0.2, 0) is 10.4 Å². The van der Waals surface area contributed by atoms with Crippen molar-refractivity contribution in [1.29, 1.82) is 0 Å². The van der Waals surface area contributed by atoms with E-state index in [1.54, 1.807) is 6.08 Å². The monoisotopic (exact) mass is 293 g/mol. The van der Waals surface area contributed by atoms with Crippen LogP contribution in [0.15, 0.2) is 78.9 Å². The van der Waals surface area contributed by atoms with Crippen LogP contribution in [0, 0.1) is 0 Å². The Labute approximate surface area is 129 Å². The Balaban J connectivity index is 1.99. The Morgan fingerprint density at radius 3 is 2.18 bits per heavy atom. The van der Waals surface area contributed by atoms with Crippen molar-refractivity contribution in [3.8, 4) is 0 Å². The van der Waals surface area contributed by atoms with Gasteiger partial charge in [0.2, 0.25) is 0 Å². The van der Waals surface area contributed by atoms with Gasteiger partial charge in [-0.05, 0) is 17.7 Å². The van der Waals surface area contributed by atoms with Gasteiger partial charge in [-0.3, -0.25) is 0 Å². The van der Waals surface area contributed by atoms with E-state index >= 15 is 0 Å². The van der Waals surface area contributed by atoms with E-state index in [4.69, 9.17) is 4.65 Å². The van der Waals surface area contributed by atoms with Gasteiger partial charge in [0, 0.05) is 11.3 Å². The largest absolute Gasteiger partial charge is 0.636 e. The minimum absolute atomic E-state index is 0.779. The first kappa shape index (κ1) is 14.6. The highest BCUT2D eigenvalue weighted by atomic mass is 16.6. The molecule has 1 unspecified atom stereocenters. The summed E-state index contributed by atoms with van der Waals surface area (Å²) in [6.45, 7) is 0. The summed E-state index contributed by atoms with van der Waals surface area (Å²) >= 11 is 0. The van der Waals surface area contributed by atoms with Gasteiger partial charge in [0.15, 0.2) is 5.72 Å². The first-order chi connectivity index (χ1) is 10.7. The Kier molecular flexibility index (Phi) is 4.11. The highest BCUT2D eigenvalue weighted by molar-refractivity contribution is 6.32. The Hall–Kier alpha value is -2.34. The molecule has 1 heterocycles. The molecule has 1 atom stereocenters. The average molecular weight is 293 g/mol. The molecule has 0 saturated heterocycles. The number of nitrogens with one attached hydrogen (secondary N) is 1. The van der Waals surface area contributed by atoms with E-state index in [2.05, 4.69) is 5.32 Å². The molecule has 0 aliphatic carbocycles. The lowest BCUT2D eigenvalue weighted by Crippen LogP contribution is -2.47. The summed E-state index contributed by atoms with van der Waals surface area (Å²) in [7, 11) is -1.90. The normalized spacial score (nSPS) is 20.2. The molecule has 2 aromatic rings. The van der Waals surface area contributed by atoms with Crippen molar-refractivity contribution in [2.24, 2.45) is 0 Å². The number of hydrogen-bond donors (Lipinski definition) is 3. The van der Waals surface area contributed by atoms with Crippen LogP contribution in [-0.4, -0.2) is 17.4 Å². The minimum Gasteiger partial charge on any atom is -0.402 e. The van der Waals surface area contributed by atoms with Crippen LogP contribution in [0.1, 0.15) is 11.1 Å². The quantitative estimate of drug-likeness (QED) is 0.755. The van der Waals surface area contributed by atoms with E-state index in [0.717, 1.165) is 16.8 Å². The molecule has 2 aromatic carbocycles. The summed E-state index contributed by atoms with van der Waals surface area (Å²) < 4.78 is 5.39. The smallest absolute Gasteiger partial charge is 0.402 e. The van der Waals surface area contributed by atoms with Crippen LogP contribution in [0.2, 0.25) is 0 Å². The number of dihydropyridines is 1. The fourth-order valence-electron chi connectivity index (χ4n) is 2.51. The van der Waals surface area contributed by atoms with Gasteiger partial charge in [-0.15, -0.1) is 0 Å². The molecule has 1 aliphatic rings. The summed E-state index contributed by atoms with van der Waals surface area (Å²) in [5, 5.41) is 21.9. The molecule has 0 aromatic heterocycles. The predicted octanol–water partition coefficient (Wildman–Crippen LogP) is 2.03. The molecular weight excluding hydrogens is 277 g/mol. The molecule has 0 amide bonds. The molecule has 0 bridgehead atoms. The highest BCUT2D eigenvalue weighted by Crippen LogP contribution is 2.31. The van der Waals surface area contributed by atoms with Gasteiger partial charge < -0.3 is 20.0 Å². The molecule has 3 rings (SSSR count). The predicted molar refractivity (Wildman–Crippen MR) is 86.1 cm³/mol. The lowest BCUT2D eigenvalue weighted by atomic mass is 9.96. The van der Waals surface area contributed by atoms with Gasteiger partial charge >= 0.3 is 7.32 Å². The zero-order chi connectivity index (χ0) is 15.4. The summed E-state index contributed by atoms with van der Waals surface area (Å²) in [5.74, 6) is 0. The summed E-state index contributed by atoms with van der Waals surface area (Å²) in [5.41, 5.74) is 1.48. The SMILES string of the molecule is OB(O)OC1(c2ccccc2)C=CC=C(c2ccccc2)N1. The maximum absolute atomic E-state index is 9.33. The molecule has 0 fully saturated rings. The molecule has 110 valence electrons. The van der Waals surface area contributed by atoms with Gasteiger partial charge in [-0.25, -0.2) is 0 Å². The second-order valence-corrected chi connectivity index (χ2v) is 4.98. The number of allylic oxidation sites excluding steroid dienone is 2. The first-order valence-electron chi connectivity index (χ1n) is 7.02. The van der Waals surface area contributed by atoms with Crippen molar-refractivity contribution < 1.29 is 14.7 Å². The maximum Gasteiger partial charge on any atom is 0.636 e. The van der Waals surface area contributed by atoms with Crippen molar-refractivity contribution in [3.05, 3.63) is 90.0 Å². The van der Waals surface area contributed by atoms with Crippen molar-refractivity contribution >= 4 is 13.0 Å². The van der Waals surface area contributed by atoms with Crippen molar-refractivity contribution in [2.75, 3.05) is 0 Å². The summed E-state index contributed by atoms with van der Waals surface area (Å²) in [6.07, 6.45) is 5.52. The van der Waals surface area contributed by atoms with Crippen LogP contribution < -0.4 is 5.32 Å². The molecule has 0 spiro atoms. The molecule has 0 saturated carbocycles. The van der Waals surface area contributed by atoms with Gasteiger partial charge in [0.1, 0.15) is 0 Å². The second-order valence-electron chi connectivity index (χ2n) is 4.98. The van der Waals surface area contributed by atoms with E-state index in [9.17, 15) is 10.0 Å². The molecule has 4 nitrogen and oxygen atoms in total. The van der Waals surface area contributed by atoms with E-state index in [1.165, 1.54) is 0 Å². The van der Waals surface area contributed by atoms with E-state index in [0.29, 0.717) is 0 Å². The van der Waals surface area contributed by atoms with Crippen LogP contribution in [0.3, 0.4) is 0 Å². The standard InChI is InChI=1S/C17H16BNO3/c20-18(21)22-17(15-10-5-2-6-11-15)13-7-12-16(19-17)14-8-3-1-4-9-14/h1-13,19-21H. The summed E-state index contributed by atoms with van der Waals surface area (Å²) in [6, 6.07) is 19.2. The van der Waals surface area contributed by atoms with Crippen LogP contribution in [0.5, 0.6) is 0 Å². The van der Waals surface area contributed by atoms with Crippen molar-refractivity contribution in [2.45, 2.75) is 5.72 Å². The van der Waals surface area contributed by atoms with Crippen LogP contribution in [0.25, 0.3) is 5.70 Å². The first-order valence-corrected chi connectivity index (χ1v) is 7.02. The third kappa shape index (κ3) is 2.97. The summed E-state index contributed by atoms with van der Waals surface area (Å²) in [4.78, 5) is 0. The third-order valence-electron chi connectivity index (χ3n) is 3.49. The van der Waals surface area contributed by atoms with E-state index < -0.39 is 13.0 Å². The Morgan fingerprint density at radius 2 is 1.55 bits per heavy atom. The van der Waals surface area contributed by atoms with E-state index in [1.807, 2.05) is 72.8 Å². The molecular formula is C17H16BNO3. The lowest BCUT2D eigenvalue weighted by Gasteiger charge is -2.36. The minimum atomic E-state index is -1.90. The molecule has 22 heavy (non-hydrogen) atoms. The van der Waals surface area contributed by atoms with Crippen LogP contribution >= 0.6 is 0 Å². The van der Waals surface area contributed by atoms with Crippen molar-refractivity contribution in [3.63, 3.8) is 0 Å². The zero-order valence-electron chi connectivity index (χ0n) is 11.9. The van der Waals surface area contributed by atoms with Gasteiger partial charge in [-0.2, -0.15) is 0 Å². The second kappa shape index (κ2) is 6.19. The molecule has 3 N–H and O–H groups in total. The Bertz CT molecular complexity index is 686. The average Bonchev–Trinajstić information content (AvgIpc) is 2.56. The molecule has 0 radical (unpaired) electrons. The lowest BCUT2D eigenvalue weighted by molar-refractivity contribution is 0.0402. The fraction of sp³-hybridized carbons (Fsp3) is 0.0588. The highest BCUT2D eigenvalue weighted by Gasteiger charge is 2.36. The van der Waals surface area contributed by atoms with Crippen molar-refractivity contribution in [1.82, 2.24) is 5.32 Å². The maximum atomic E-state index is 9.33. The van der Waals surface area contributed by atoms with Gasteiger partial charge in [0.25, 0.3) is 0 Å². The van der Waals surface area contributed by atoms with Gasteiger partial charge in [0.05, 0.1) is 0 Å². The molecule has 5 heteroatoms. The Morgan fingerprint density at radius 1 is 0.909 bits per heavy atom. The van der Waals surface area contributed by atoms with Gasteiger partial charge in [-0.1, -0.05) is 66.7 Å². The number of hydrogen-bond acceptors (Lipinski definition) is 4. The number of benzene rings is 2. The molecule has 1 aliphatic heterocycles. The van der Waals surface area contributed by atoms with Crippen LogP contribution in [0.4, 0.5) is 0 Å². The topological polar surface area (TPSA) is 61.7 Å². The van der Waals surface area contributed by atoms with E-state index in [-0.39, 0.29) is 0 Å².